The second-order valence-electron chi connectivity index (χ2n) is 5.62. The van der Waals surface area contributed by atoms with Crippen LogP contribution in [-0.4, -0.2) is 18.1 Å². The third kappa shape index (κ3) is 4.70. The zero-order valence-electron chi connectivity index (χ0n) is 12.4. The maximum absolute atomic E-state index is 13.6. The van der Waals surface area contributed by atoms with Crippen molar-refractivity contribution in [1.29, 1.82) is 0 Å². The molecule has 1 unspecified atom stereocenters. The molecular weight excluding hydrogens is 271 g/mol. The van der Waals surface area contributed by atoms with Gasteiger partial charge in [-0.2, -0.15) is 0 Å². The lowest BCUT2D eigenvalue weighted by molar-refractivity contribution is -0.130. The predicted octanol–water partition coefficient (Wildman–Crippen LogP) is 3.47. The molecule has 4 nitrogen and oxygen atoms in total. The molecule has 1 amide bonds. The van der Waals surface area contributed by atoms with Crippen molar-refractivity contribution in [3.8, 4) is 0 Å². The molecule has 1 aromatic rings. The minimum Gasteiger partial charge on any atom is -0.399 e. The van der Waals surface area contributed by atoms with Gasteiger partial charge >= 0.3 is 0 Å². The van der Waals surface area contributed by atoms with Crippen molar-refractivity contribution in [3.05, 3.63) is 24.0 Å². The van der Waals surface area contributed by atoms with E-state index in [2.05, 4.69) is 5.32 Å². The summed E-state index contributed by atoms with van der Waals surface area (Å²) in [4.78, 5) is 12.1. The third-order valence-electron chi connectivity index (χ3n) is 3.82. The first-order chi connectivity index (χ1) is 10.1. The molecule has 3 N–H and O–H groups in total. The van der Waals surface area contributed by atoms with Crippen LogP contribution in [0.25, 0.3) is 0 Å². The molecule has 1 atom stereocenters. The Hall–Kier alpha value is -1.62. The van der Waals surface area contributed by atoms with E-state index in [0.29, 0.717) is 5.69 Å². The zero-order chi connectivity index (χ0) is 15.2. The Bertz CT molecular complexity index is 485. The molecule has 0 radical (unpaired) electrons. The number of nitrogens with two attached hydrogens (primary N) is 1. The number of nitrogens with one attached hydrogen (secondary N) is 1. The molecule has 0 spiro atoms. The second kappa shape index (κ2) is 7.41. The number of benzene rings is 1. The molecule has 0 saturated heterocycles. The summed E-state index contributed by atoms with van der Waals surface area (Å²) >= 11 is 0. The first kappa shape index (κ1) is 15.8. The van der Waals surface area contributed by atoms with Crippen LogP contribution in [-0.2, 0) is 9.53 Å². The molecule has 5 heteroatoms. The molecule has 1 fully saturated rings. The quantitative estimate of drug-likeness (QED) is 0.660. The topological polar surface area (TPSA) is 64.3 Å². The van der Waals surface area contributed by atoms with Gasteiger partial charge in [0.15, 0.2) is 0 Å². The van der Waals surface area contributed by atoms with Crippen molar-refractivity contribution in [2.24, 2.45) is 0 Å². The van der Waals surface area contributed by atoms with Gasteiger partial charge in [0.05, 0.1) is 11.8 Å². The standard InChI is InChI=1S/C16H23FN2O2/c1-11(21-13-6-4-2-3-5-7-13)16(20)19-15-10-12(18)8-9-14(15)17/h8-11,13H,2-7,18H2,1H3,(H,19,20). The maximum Gasteiger partial charge on any atom is 0.253 e. The molecular formula is C16H23FN2O2. The molecule has 2 rings (SSSR count). The lowest BCUT2D eigenvalue weighted by Gasteiger charge is -2.20. The molecule has 0 aromatic heterocycles. The number of nitrogen functional groups attached to an aromatic ring is 1. The molecule has 1 aliphatic rings. The number of hydrogen-bond donors (Lipinski definition) is 2. The van der Waals surface area contributed by atoms with Gasteiger partial charge in [-0.1, -0.05) is 25.7 Å². The van der Waals surface area contributed by atoms with Crippen molar-refractivity contribution in [3.63, 3.8) is 0 Å². The van der Waals surface area contributed by atoms with Crippen molar-refractivity contribution >= 4 is 17.3 Å². The summed E-state index contributed by atoms with van der Waals surface area (Å²) in [6, 6.07) is 4.10. The first-order valence-electron chi connectivity index (χ1n) is 7.57. The smallest absolute Gasteiger partial charge is 0.253 e. The van der Waals surface area contributed by atoms with E-state index in [-0.39, 0.29) is 17.7 Å². The fourth-order valence-electron chi connectivity index (χ4n) is 2.60. The van der Waals surface area contributed by atoms with Crippen LogP contribution in [0.5, 0.6) is 0 Å². The number of halogens is 1. The molecule has 21 heavy (non-hydrogen) atoms. The van der Waals surface area contributed by atoms with Crippen LogP contribution >= 0.6 is 0 Å². The molecule has 1 aromatic carbocycles. The lowest BCUT2D eigenvalue weighted by atomic mass is 10.1. The Morgan fingerprint density at radius 1 is 1.33 bits per heavy atom. The Morgan fingerprint density at radius 2 is 2.00 bits per heavy atom. The fourth-order valence-corrected chi connectivity index (χ4v) is 2.60. The van der Waals surface area contributed by atoms with E-state index in [0.717, 1.165) is 25.7 Å². The van der Waals surface area contributed by atoms with Gasteiger partial charge in [-0.3, -0.25) is 4.79 Å². The zero-order valence-corrected chi connectivity index (χ0v) is 12.4. The van der Waals surface area contributed by atoms with Gasteiger partial charge in [-0.25, -0.2) is 4.39 Å². The number of ether oxygens (including phenoxy) is 1. The van der Waals surface area contributed by atoms with E-state index < -0.39 is 11.9 Å². The van der Waals surface area contributed by atoms with Gasteiger partial charge in [0.2, 0.25) is 0 Å². The average molecular weight is 294 g/mol. The number of anilines is 2. The van der Waals surface area contributed by atoms with E-state index in [1.807, 2.05) is 0 Å². The van der Waals surface area contributed by atoms with Gasteiger partial charge in [0.25, 0.3) is 5.91 Å². The summed E-state index contributed by atoms with van der Waals surface area (Å²) in [5, 5.41) is 2.54. The highest BCUT2D eigenvalue weighted by atomic mass is 19.1. The van der Waals surface area contributed by atoms with E-state index in [9.17, 15) is 9.18 Å². The summed E-state index contributed by atoms with van der Waals surface area (Å²) in [6.45, 7) is 1.70. The third-order valence-corrected chi connectivity index (χ3v) is 3.82. The van der Waals surface area contributed by atoms with E-state index >= 15 is 0 Å². The monoisotopic (exact) mass is 294 g/mol. The van der Waals surface area contributed by atoms with Gasteiger partial charge in [-0.05, 0) is 38.0 Å². The SMILES string of the molecule is CC(OC1CCCCCC1)C(=O)Nc1cc(N)ccc1F. The lowest BCUT2D eigenvalue weighted by Crippen LogP contribution is -2.31. The van der Waals surface area contributed by atoms with Crippen molar-refractivity contribution in [2.75, 3.05) is 11.1 Å². The summed E-state index contributed by atoms with van der Waals surface area (Å²) in [5.74, 6) is -0.844. The summed E-state index contributed by atoms with van der Waals surface area (Å²) < 4.78 is 19.4. The summed E-state index contributed by atoms with van der Waals surface area (Å²) in [6.07, 6.45) is 6.25. The highest BCUT2D eigenvalue weighted by Crippen LogP contribution is 2.22. The van der Waals surface area contributed by atoms with Gasteiger partial charge < -0.3 is 15.8 Å². The van der Waals surface area contributed by atoms with Crippen LogP contribution < -0.4 is 11.1 Å². The average Bonchev–Trinajstić information content (AvgIpc) is 2.71. The highest BCUT2D eigenvalue weighted by molar-refractivity contribution is 5.94. The van der Waals surface area contributed by atoms with E-state index in [1.165, 1.54) is 31.0 Å². The normalized spacial score (nSPS) is 18.0. The highest BCUT2D eigenvalue weighted by Gasteiger charge is 2.21. The van der Waals surface area contributed by atoms with Gasteiger partial charge in [0, 0.05) is 5.69 Å². The minimum atomic E-state index is -0.603. The number of rotatable bonds is 4. The minimum absolute atomic E-state index is 0.0938. The summed E-state index contributed by atoms with van der Waals surface area (Å²) in [7, 11) is 0. The van der Waals surface area contributed by atoms with Crippen molar-refractivity contribution < 1.29 is 13.9 Å². The van der Waals surface area contributed by atoms with Crippen molar-refractivity contribution in [2.45, 2.75) is 57.7 Å². The largest absolute Gasteiger partial charge is 0.399 e. The second-order valence-corrected chi connectivity index (χ2v) is 5.62. The van der Waals surface area contributed by atoms with E-state index in [4.69, 9.17) is 10.5 Å². The number of amides is 1. The molecule has 1 aliphatic carbocycles. The molecule has 0 aliphatic heterocycles. The van der Waals surface area contributed by atoms with Crippen LogP contribution in [0.1, 0.15) is 45.4 Å². The van der Waals surface area contributed by atoms with Crippen LogP contribution in [0, 0.1) is 5.82 Å². The molecule has 1 saturated carbocycles. The number of hydrogen-bond acceptors (Lipinski definition) is 3. The first-order valence-corrected chi connectivity index (χ1v) is 7.57. The number of carbonyl (C=O) groups is 1. The Morgan fingerprint density at radius 3 is 2.67 bits per heavy atom. The van der Waals surface area contributed by atoms with Crippen LogP contribution in [0.3, 0.4) is 0 Å². The van der Waals surface area contributed by atoms with E-state index in [1.54, 1.807) is 6.92 Å². The maximum atomic E-state index is 13.6. The number of carbonyl (C=O) groups excluding carboxylic acids is 1. The molecule has 0 heterocycles. The van der Waals surface area contributed by atoms with Crippen LogP contribution in [0.2, 0.25) is 0 Å². The molecule has 116 valence electrons. The Labute approximate surface area is 124 Å². The van der Waals surface area contributed by atoms with Crippen LogP contribution in [0.15, 0.2) is 18.2 Å². The molecule has 0 bridgehead atoms. The Kier molecular flexibility index (Phi) is 5.56. The van der Waals surface area contributed by atoms with Crippen LogP contribution in [0.4, 0.5) is 15.8 Å². The van der Waals surface area contributed by atoms with Gasteiger partial charge in [-0.15, -0.1) is 0 Å². The van der Waals surface area contributed by atoms with Crippen molar-refractivity contribution in [1.82, 2.24) is 0 Å². The van der Waals surface area contributed by atoms with Gasteiger partial charge in [0.1, 0.15) is 11.9 Å². The summed E-state index contributed by atoms with van der Waals surface area (Å²) in [5.41, 5.74) is 6.10. The fraction of sp³-hybridized carbons (Fsp3) is 0.562. The Balaban J connectivity index is 1.91. The predicted molar refractivity (Wildman–Crippen MR) is 81.5 cm³/mol.